The van der Waals surface area contributed by atoms with Crippen molar-refractivity contribution < 1.29 is 28.8 Å². The van der Waals surface area contributed by atoms with Gasteiger partial charge in [-0.3, -0.25) is 0 Å². The number of nitrogens with two attached hydrogens (primary N) is 1. The number of amides is 1. The predicted octanol–water partition coefficient (Wildman–Crippen LogP) is 6.31. The first-order chi connectivity index (χ1) is 20.6. The molecule has 5 rings (SSSR count). The van der Waals surface area contributed by atoms with Crippen molar-refractivity contribution in [3.05, 3.63) is 65.2 Å². The molecule has 43 heavy (non-hydrogen) atoms. The van der Waals surface area contributed by atoms with Gasteiger partial charge in [0.25, 0.3) is 0 Å². The van der Waals surface area contributed by atoms with E-state index in [1.54, 1.807) is 12.0 Å². The highest BCUT2D eigenvalue weighted by Crippen LogP contribution is 2.42. The molecule has 2 heterocycles. The van der Waals surface area contributed by atoms with Gasteiger partial charge in [0.15, 0.2) is 0 Å². The topological polar surface area (TPSA) is 116 Å². The van der Waals surface area contributed by atoms with E-state index >= 15 is 0 Å². The van der Waals surface area contributed by atoms with Gasteiger partial charge in [-0.25, -0.2) is 9.78 Å². The van der Waals surface area contributed by atoms with Gasteiger partial charge >= 0.3 is 6.09 Å². The molecule has 9 heteroatoms. The molecular weight excluding hydrogens is 546 g/mol. The maximum absolute atomic E-state index is 12.9. The van der Waals surface area contributed by atoms with E-state index < -0.39 is 5.60 Å². The Labute approximate surface area is 253 Å². The fourth-order valence-electron chi connectivity index (χ4n) is 5.38. The predicted molar refractivity (Wildman–Crippen MR) is 165 cm³/mol. The van der Waals surface area contributed by atoms with E-state index in [1.165, 1.54) is 12.8 Å². The molecule has 3 N–H and O–H groups in total. The van der Waals surface area contributed by atoms with Crippen molar-refractivity contribution >= 4 is 11.9 Å². The lowest BCUT2D eigenvalue weighted by molar-refractivity contribution is 0.0198. The number of pyridine rings is 1. The van der Waals surface area contributed by atoms with E-state index in [0.717, 1.165) is 29.7 Å². The second kappa shape index (κ2) is 13.1. The lowest BCUT2D eigenvalue weighted by Gasteiger charge is -2.35. The Morgan fingerprint density at radius 1 is 1.07 bits per heavy atom. The van der Waals surface area contributed by atoms with Crippen LogP contribution < -0.4 is 19.9 Å². The minimum atomic E-state index is -0.582. The number of nitrogen functional groups attached to an aromatic ring is 1. The number of carbonyl (C=O) groups is 1. The third-order valence-corrected chi connectivity index (χ3v) is 7.83. The van der Waals surface area contributed by atoms with Crippen LogP contribution in [0.25, 0.3) is 11.3 Å². The molecule has 1 amide bonds. The number of aliphatic hydroxyl groups is 1. The fraction of sp³-hybridized carbons (Fsp3) is 0.471. The van der Waals surface area contributed by atoms with Gasteiger partial charge < -0.3 is 34.7 Å². The number of rotatable bonds is 10. The molecule has 1 saturated carbocycles. The summed E-state index contributed by atoms with van der Waals surface area (Å²) >= 11 is 0. The van der Waals surface area contributed by atoms with Crippen LogP contribution in [0.4, 0.5) is 10.6 Å². The lowest BCUT2D eigenvalue weighted by Crippen LogP contribution is -2.42. The Hall–Kier alpha value is -3.98. The molecule has 1 saturated heterocycles. The number of benzene rings is 2. The van der Waals surface area contributed by atoms with Crippen LogP contribution in [0.1, 0.15) is 69.1 Å². The smallest absolute Gasteiger partial charge is 0.410 e. The van der Waals surface area contributed by atoms with Gasteiger partial charge in [0.2, 0.25) is 0 Å². The maximum atomic E-state index is 12.9. The number of methoxy groups -OCH3 is 1. The van der Waals surface area contributed by atoms with Crippen LogP contribution in [-0.4, -0.2) is 53.5 Å². The molecule has 1 aliphatic carbocycles. The van der Waals surface area contributed by atoms with E-state index in [2.05, 4.69) is 0 Å². The SMILES string of the molecule is COc1ccc(COc2cccc(OCC3CC3)c2-c2cc(C3CCCN(C(=O)OC(C)(C)C)C3)c(CO)c(N)n2)cc1. The third kappa shape index (κ3) is 7.70. The summed E-state index contributed by atoms with van der Waals surface area (Å²) in [5, 5.41) is 10.3. The molecule has 0 bridgehead atoms. The van der Waals surface area contributed by atoms with Crippen LogP contribution in [0, 0.1) is 5.92 Å². The molecule has 1 aromatic heterocycles. The molecule has 1 aliphatic heterocycles. The van der Waals surface area contributed by atoms with Gasteiger partial charge in [-0.2, -0.15) is 0 Å². The molecule has 230 valence electrons. The molecule has 2 aromatic carbocycles. The molecule has 0 spiro atoms. The summed E-state index contributed by atoms with van der Waals surface area (Å²) in [6.07, 6.45) is 3.65. The number of hydrogen-bond acceptors (Lipinski definition) is 8. The van der Waals surface area contributed by atoms with Crippen molar-refractivity contribution in [1.29, 1.82) is 0 Å². The largest absolute Gasteiger partial charge is 0.497 e. The lowest BCUT2D eigenvalue weighted by atomic mass is 9.87. The van der Waals surface area contributed by atoms with Crippen molar-refractivity contribution in [1.82, 2.24) is 9.88 Å². The number of aliphatic hydroxyl groups excluding tert-OH is 1. The van der Waals surface area contributed by atoms with Gasteiger partial charge in [-0.15, -0.1) is 0 Å². The summed E-state index contributed by atoms with van der Waals surface area (Å²) in [5.41, 5.74) is 9.69. The van der Waals surface area contributed by atoms with E-state index in [4.69, 9.17) is 29.7 Å². The summed E-state index contributed by atoms with van der Waals surface area (Å²) in [5.74, 6) is 2.84. The first kappa shape index (κ1) is 30.5. The van der Waals surface area contributed by atoms with Gasteiger partial charge in [-0.1, -0.05) is 18.2 Å². The zero-order chi connectivity index (χ0) is 30.6. The van der Waals surface area contributed by atoms with E-state index in [9.17, 15) is 9.90 Å². The highest BCUT2D eigenvalue weighted by atomic mass is 16.6. The third-order valence-electron chi connectivity index (χ3n) is 7.83. The number of nitrogens with zero attached hydrogens (tertiary/aromatic N) is 2. The molecule has 1 atom stereocenters. The van der Waals surface area contributed by atoms with Gasteiger partial charge in [-0.05, 0) is 93.8 Å². The molecule has 1 unspecified atom stereocenters. The number of likely N-dealkylation sites (tertiary alicyclic amines) is 1. The number of ether oxygens (including phenoxy) is 4. The molecule has 3 aromatic rings. The standard InChI is InChI=1S/C34H43N3O6/c1-34(2,3)43-33(39)37-16-6-7-24(18-37)26-17-28(36-32(35)27(26)19-38)31-29(41-20-22-10-11-22)8-5-9-30(31)42-21-23-12-14-25(40-4)15-13-23/h5,8-9,12-15,17,22,24,38H,6-7,10-11,16,18-21H2,1-4H3,(H2,35,36). The quantitative estimate of drug-likeness (QED) is 0.283. The summed E-state index contributed by atoms with van der Waals surface area (Å²) in [4.78, 5) is 19.4. The van der Waals surface area contributed by atoms with Gasteiger partial charge in [0.1, 0.15) is 35.3 Å². The van der Waals surface area contributed by atoms with Crippen molar-refractivity contribution in [2.45, 2.75) is 71.2 Å². The van der Waals surface area contributed by atoms with Gasteiger partial charge in [0.05, 0.1) is 31.6 Å². The highest BCUT2D eigenvalue weighted by molar-refractivity contribution is 5.76. The monoisotopic (exact) mass is 589 g/mol. The zero-order valence-electron chi connectivity index (χ0n) is 25.6. The Morgan fingerprint density at radius 3 is 2.44 bits per heavy atom. The maximum Gasteiger partial charge on any atom is 0.410 e. The molecular formula is C34H43N3O6. The average Bonchev–Trinajstić information content (AvgIpc) is 3.83. The molecule has 0 radical (unpaired) electrons. The number of anilines is 1. The number of aromatic nitrogens is 1. The first-order valence-corrected chi connectivity index (χ1v) is 15.0. The van der Waals surface area contributed by atoms with E-state index in [1.807, 2.05) is 69.3 Å². The summed E-state index contributed by atoms with van der Waals surface area (Å²) in [6, 6.07) is 15.5. The van der Waals surface area contributed by atoms with Crippen molar-refractivity contribution in [3.63, 3.8) is 0 Å². The summed E-state index contributed by atoms with van der Waals surface area (Å²) < 4.78 is 23.6. The average molecular weight is 590 g/mol. The Bertz CT molecular complexity index is 1410. The van der Waals surface area contributed by atoms with Crippen LogP contribution in [0.3, 0.4) is 0 Å². The Morgan fingerprint density at radius 2 is 1.79 bits per heavy atom. The van der Waals surface area contributed by atoms with Crippen LogP contribution in [0.5, 0.6) is 17.2 Å². The first-order valence-electron chi connectivity index (χ1n) is 15.0. The normalized spacial score (nSPS) is 17.0. The molecule has 2 aliphatic rings. The van der Waals surface area contributed by atoms with Crippen LogP contribution in [-0.2, 0) is 18.0 Å². The van der Waals surface area contributed by atoms with Crippen LogP contribution >= 0.6 is 0 Å². The number of piperidine rings is 1. The zero-order valence-corrected chi connectivity index (χ0v) is 25.6. The summed E-state index contributed by atoms with van der Waals surface area (Å²) in [6.45, 7) is 7.39. The van der Waals surface area contributed by atoms with E-state index in [-0.39, 0.29) is 24.4 Å². The van der Waals surface area contributed by atoms with Crippen LogP contribution in [0.15, 0.2) is 48.5 Å². The van der Waals surface area contributed by atoms with Crippen molar-refractivity contribution in [3.8, 4) is 28.5 Å². The second-order valence-corrected chi connectivity index (χ2v) is 12.4. The highest BCUT2D eigenvalue weighted by Gasteiger charge is 2.31. The minimum Gasteiger partial charge on any atom is -0.497 e. The summed E-state index contributed by atoms with van der Waals surface area (Å²) in [7, 11) is 1.64. The Balaban J connectivity index is 1.49. The minimum absolute atomic E-state index is 0.0457. The van der Waals surface area contributed by atoms with Crippen molar-refractivity contribution in [2.24, 2.45) is 5.92 Å². The molecule has 9 nitrogen and oxygen atoms in total. The van der Waals surface area contributed by atoms with E-state index in [0.29, 0.717) is 60.5 Å². The number of hydrogen-bond donors (Lipinski definition) is 2. The van der Waals surface area contributed by atoms with Crippen molar-refractivity contribution in [2.75, 3.05) is 32.5 Å². The Kier molecular flexibility index (Phi) is 9.30. The van der Waals surface area contributed by atoms with Gasteiger partial charge in [0, 0.05) is 24.6 Å². The molecule has 2 fully saturated rings. The fourth-order valence-corrected chi connectivity index (χ4v) is 5.38. The second-order valence-electron chi connectivity index (χ2n) is 12.4. The van der Waals surface area contributed by atoms with Crippen LogP contribution in [0.2, 0.25) is 0 Å². The number of carbonyl (C=O) groups excluding carboxylic acids is 1.